The molecule has 6 heteroatoms. The van der Waals surface area contributed by atoms with Gasteiger partial charge in [-0.25, -0.2) is 4.68 Å². The van der Waals surface area contributed by atoms with Gasteiger partial charge in [0.2, 0.25) is 0 Å². The molecule has 0 fully saturated rings. The van der Waals surface area contributed by atoms with Crippen molar-refractivity contribution in [1.29, 1.82) is 0 Å². The number of nitrogens with two attached hydrogens (primary N) is 1. The molecule has 2 rings (SSSR count). The predicted octanol–water partition coefficient (Wildman–Crippen LogP) is -0.618. The van der Waals surface area contributed by atoms with Crippen LogP contribution in [0.25, 0.3) is 11.4 Å². The van der Waals surface area contributed by atoms with Crippen molar-refractivity contribution >= 4 is 0 Å². The Balaban J connectivity index is 2.53. The molecular weight excluding hydrogens is 144 g/mol. The highest BCUT2D eigenvalue weighted by Crippen LogP contribution is 2.10. The van der Waals surface area contributed by atoms with Crippen molar-refractivity contribution in [2.75, 3.05) is 5.84 Å². The quantitative estimate of drug-likeness (QED) is 0.530. The van der Waals surface area contributed by atoms with Gasteiger partial charge >= 0.3 is 0 Å². The summed E-state index contributed by atoms with van der Waals surface area (Å²) < 4.78 is 1.34. The maximum Gasteiger partial charge on any atom is 0.185 e. The van der Waals surface area contributed by atoms with E-state index in [1.54, 1.807) is 12.4 Å². The number of nitrogens with one attached hydrogen (secondary N) is 1. The Kier molecular flexibility index (Phi) is 1.12. The molecule has 0 saturated heterocycles. The van der Waals surface area contributed by atoms with Gasteiger partial charge in [-0.05, 0) is 0 Å². The van der Waals surface area contributed by atoms with E-state index >= 15 is 0 Å². The second-order valence-electron chi connectivity index (χ2n) is 2.05. The third-order valence-corrected chi connectivity index (χ3v) is 1.33. The first-order chi connectivity index (χ1) is 5.38. The summed E-state index contributed by atoms with van der Waals surface area (Å²) in [6.45, 7) is 0. The lowest BCUT2D eigenvalue weighted by atomic mass is 10.3. The predicted molar refractivity (Wildman–Crippen MR) is 37.8 cm³/mol. The van der Waals surface area contributed by atoms with Crippen molar-refractivity contribution in [3.63, 3.8) is 0 Å². The number of nitrogens with zero attached hydrogens (tertiary/aromatic N) is 4. The molecule has 0 bridgehead atoms. The minimum Gasteiger partial charge on any atom is -0.336 e. The van der Waals surface area contributed by atoms with Crippen molar-refractivity contribution in [3.05, 3.63) is 18.7 Å². The third-order valence-electron chi connectivity index (χ3n) is 1.33. The summed E-state index contributed by atoms with van der Waals surface area (Å²) in [5.41, 5.74) is 0.824. The summed E-state index contributed by atoms with van der Waals surface area (Å²) in [6.07, 6.45) is 4.77. The Bertz CT molecular complexity index is 333. The molecule has 2 aromatic heterocycles. The van der Waals surface area contributed by atoms with E-state index in [1.807, 2.05) is 0 Å². The monoisotopic (exact) mass is 150 g/mol. The maximum atomic E-state index is 5.48. The van der Waals surface area contributed by atoms with Crippen LogP contribution in [-0.2, 0) is 0 Å². The van der Waals surface area contributed by atoms with Crippen LogP contribution >= 0.6 is 0 Å². The standard InChI is InChI=1S/C5H6N6/c6-11-3-9-10-5(11)4-1-7-8-2-4/h1-3H,6H2,(H,7,8). The van der Waals surface area contributed by atoms with Crippen LogP contribution < -0.4 is 5.84 Å². The van der Waals surface area contributed by atoms with Gasteiger partial charge in [0.15, 0.2) is 5.82 Å². The van der Waals surface area contributed by atoms with Crippen LogP contribution in [0.3, 0.4) is 0 Å². The van der Waals surface area contributed by atoms with Gasteiger partial charge in [0.1, 0.15) is 6.33 Å². The fraction of sp³-hybridized carbons (Fsp3) is 0. The summed E-state index contributed by atoms with van der Waals surface area (Å²) in [7, 11) is 0. The van der Waals surface area contributed by atoms with Gasteiger partial charge in [0, 0.05) is 6.20 Å². The summed E-state index contributed by atoms with van der Waals surface area (Å²) >= 11 is 0. The highest BCUT2D eigenvalue weighted by atomic mass is 15.4. The van der Waals surface area contributed by atoms with Crippen LogP contribution in [0, 0.1) is 0 Å². The number of H-pyrrole nitrogens is 1. The zero-order valence-corrected chi connectivity index (χ0v) is 5.60. The molecule has 0 aromatic carbocycles. The molecule has 3 N–H and O–H groups in total. The smallest absolute Gasteiger partial charge is 0.185 e. The van der Waals surface area contributed by atoms with Gasteiger partial charge in [0.05, 0.1) is 11.8 Å². The average molecular weight is 150 g/mol. The first-order valence-electron chi connectivity index (χ1n) is 3.02. The number of hydrogen-bond donors (Lipinski definition) is 2. The minimum absolute atomic E-state index is 0.596. The summed E-state index contributed by atoms with van der Waals surface area (Å²) in [6, 6.07) is 0. The Hall–Kier alpha value is -1.85. The molecule has 56 valence electrons. The second kappa shape index (κ2) is 2.08. The van der Waals surface area contributed by atoms with Crippen molar-refractivity contribution in [2.24, 2.45) is 0 Å². The SMILES string of the molecule is Nn1cnnc1-c1cn[nH]c1. The Morgan fingerprint density at radius 2 is 2.45 bits per heavy atom. The van der Waals surface area contributed by atoms with Crippen LogP contribution in [0.15, 0.2) is 18.7 Å². The number of aromatic nitrogens is 5. The van der Waals surface area contributed by atoms with E-state index in [0.717, 1.165) is 5.56 Å². The van der Waals surface area contributed by atoms with Gasteiger partial charge in [-0.15, -0.1) is 10.2 Å². The Morgan fingerprint density at radius 1 is 1.55 bits per heavy atom. The van der Waals surface area contributed by atoms with Gasteiger partial charge in [-0.1, -0.05) is 0 Å². The van der Waals surface area contributed by atoms with Gasteiger partial charge < -0.3 is 5.84 Å². The van der Waals surface area contributed by atoms with E-state index in [1.165, 1.54) is 11.0 Å². The zero-order valence-electron chi connectivity index (χ0n) is 5.60. The number of hydrogen-bond acceptors (Lipinski definition) is 4. The molecule has 0 radical (unpaired) electrons. The molecule has 11 heavy (non-hydrogen) atoms. The molecule has 0 aliphatic carbocycles. The highest BCUT2D eigenvalue weighted by molar-refractivity contribution is 5.51. The number of nitrogen functional groups attached to an aromatic ring is 1. The van der Waals surface area contributed by atoms with Crippen LogP contribution in [0.1, 0.15) is 0 Å². The molecule has 0 spiro atoms. The van der Waals surface area contributed by atoms with Gasteiger partial charge in [-0.3, -0.25) is 5.10 Å². The molecule has 2 heterocycles. The molecule has 0 unspecified atom stereocenters. The highest BCUT2D eigenvalue weighted by Gasteiger charge is 2.04. The Labute approximate surface area is 62.0 Å². The molecular formula is C5H6N6. The van der Waals surface area contributed by atoms with Crippen LogP contribution in [0.2, 0.25) is 0 Å². The largest absolute Gasteiger partial charge is 0.336 e. The van der Waals surface area contributed by atoms with E-state index in [2.05, 4.69) is 20.4 Å². The number of rotatable bonds is 1. The molecule has 2 aromatic rings. The molecule has 0 aliphatic heterocycles. The van der Waals surface area contributed by atoms with Gasteiger partial charge in [-0.2, -0.15) is 5.10 Å². The van der Waals surface area contributed by atoms with E-state index in [0.29, 0.717) is 5.82 Å². The zero-order chi connectivity index (χ0) is 7.68. The fourth-order valence-corrected chi connectivity index (χ4v) is 0.822. The topological polar surface area (TPSA) is 85.4 Å². The van der Waals surface area contributed by atoms with Crippen LogP contribution in [-0.4, -0.2) is 25.1 Å². The summed E-state index contributed by atoms with van der Waals surface area (Å²) in [5, 5.41) is 13.8. The number of aromatic amines is 1. The first kappa shape index (κ1) is 5.90. The minimum atomic E-state index is 0.596. The summed E-state index contributed by atoms with van der Waals surface area (Å²) in [5.74, 6) is 6.08. The average Bonchev–Trinajstić information content (AvgIpc) is 2.55. The third kappa shape index (κ3) is 0.841. The van der Waals surface area contributed by atoms with Crippen LogP contribution in [0.4, 0.5) is 0 Å². The van der Waals surface area contributed by atoms with E-state index in [-0.39, 0.29) is 0 Å². The van der Waals surface area contributed by atoms with Gasteiger partial charge in [0.25, 0.3) is 0 Å². The lowest BCUT2D eigenvalue weighted by Crippen LogP contribution is -2.07. The first-order valence-corrected chi connectivity index (χ1v) is 3.02. The molecule has 6 nitrogen and oxygen atoms in total. The van der Waals surface area contributed by atoms with Crippen LogP contribution in [0.5, 0.6) is 0 Å². The van der Waals surface area contributed by atoms with E-state index < -0.39 is 0 Å². The fourth-order valence-electron chi connectivity index (χ4n) is 0.822. The molecule has 0 aliphatic rings. The van der Waals surface area contributed by atoms with Crippen molar-refractivity contribution in [1.82, 2.24) is 25.1 Å². The molecule has 0 saturated carbocycles. The molecule has 0 amide bonds. The maximum absolute atomic E-state index is 5.48. The molecule has 0 atom stereocenters. The lowest BCUT2D eigenvalue weighted by molar-refractivity contribution is 1.01. The Morgan fingerprint density at radius 3 is 3.00 bits per heavy atom. The van der Waals surface area contributed by atoms with E-state index in [4.69, 9.17) is 5.84 Å². The van der Waals surface area contributed by atoms with Crippen molar-refractivity contribution in [3.8, 4) is 11.4 Å². The normalized spacial score (nSPS) is 10.2. The lowest BCUT2D eigenvalue weighted by Gasteiger charge is -1.92. The van der Waals surface area contributed by atoms with E-state index in [9.17, 15) is 0 Å². The van der Waals surface area contributed by atoms with Crippen molar-refractivity contribution in [2.45, 2.75) is 0 Å². The van der Waals surface area contributed by atoms with Crippen molar-refractivity contribution < 1.29 is 0 Å². The second-order valence-corrected chi connectivity index (χ2v) is 2.05. The summed E-state index contributed by atoms with van der Waals surface area (Å²) in [4.78, 5) is 0.